The van der Waals surface area contributed by atoms with Crippen molar-refractivity contribution in [3.63, 3.8) is 0 Å². The highest BCUT2D eigenvalue weighted by atomic mass is 32.1. The van der Waals surface area contributed by atoms with E-state index in [0.717, 1.165) is 9.88 Å². The molecule has 4 nitrogen and oxygen atoms in total. The Balaban J connectivity index is 0.00000147. The topological polar surface area (TPSA) is 89.5 Å². The lowest BCUT2D eigenvalue weighted by Crippen LogP contribution is -2.21. The molecular formula is C13H12N2O2S3. The van der Waals surface area contributed by atoms with Gasteiger partial charge in [-0.25, -0.2) is 4.98 Å². The van der Waals surface area contributed by atoms with Crippen molar-refractivity contribution in [1.29, 1.82) is 0 Å². The van der Waals surface area contributed by atoms with Gasteiger partial charge in [0.25, 0.3) is 0 Å². The van der Waals surface area contributed by atoms with Gasteiger partial charge < -0.3 is 16.1 Å². The number of hydrogen-bond acceptors (Lipinski definition) is 6. The maximum Gasteiger partial charge on any atom is 0.134 e. The van der Waals surface area contributed by atoms with E-state index in [1.54, 1.807) is 29.6 Å². The number of nitrogens with zero attached hydrogens (tertiary/aromatic N) is 1. The molecule has 0 atom stereocenters. The molecule has 3 aromatic heterocycles. The van der Waals surface area contributed by atoms with E-state index in [-0.39, 0.29) is 11.0 Å². The maximum absolute atomic E-state index is 10.9. The van der Waals surface area contributed by atoms with Gasteiger partial charge in [-0.3, -0.25) is 0 Å². The van der Waals surface area contributed by atoms with Crippen LogP contribution in [0.1, 0.15) is 15.4 Å². The number of thiophene rings is 2. The van der Waals surface area contributed by atoms with Crippen LogP contribution in [0.15, 0.2) is 29.6 Å². The third-order valence-corrected chi connectivity index (χ3v) is 6.02. The highest BCUT2D eigenvalue weighted by Crippen LogP contribution is 2.38. The Morgan fingerprint density at radius 2 is 1.90 bits per heavy atom. The predicted octanol–water partition coefficient (Wildman–Crippen LogP) is 3.65. The van der Waals surface area contributed by atoms with E-state index in [1.807, 2.05) is 23.6 Å². The number of carboxylic acid groups (broad SMARTS) is 1. The van der Waals surface area contributed by atoms with Gasteiger partial charge in [0.2, 0.25) is 0 Å². The maximum atomic E-state index is 10.9. The van der Waals surface area contributed by atoms with Crippen LogP contribution in [-0.4, -0.2) is 11.0 Å². The average molecular weight is 324 g/mol. The number of aryl methyl sites for hydroxylation is 1. The lowest BCUT2D eigenvalue weighted by molar-refractivity contribution is -0.254. The molecule has 0 unspecified atom stereocenters. The third-order valence-electron chi connectivity index (χ3n) is 2.56. The van der Waals surface area contributed by atoms with Gasteiger partial charge in [0.05, 0.1) is 21.4 Å². The molecule has 0 saturated carbocycles. The first-order valence-electron chi connectivity index (χ1n) is 5.48. The summed E-state index contributed by atoms with van der Waals surface area (Å²) in [4.78, 5) is 18.8. The van der Waals surface area contributed by atoms with Crippen LogP contribution in [0.2, 0.25) is 0 Å². The molecule has 0 aromatic carbocycles. The Hall–Kier alpha value is -1.54. The quantitative estimate of drug-likeness (QED) is 0.797. The van der Waals surface area contributed by atoms with Crippen LogP contribution >= 0.6 is 34.0 Å². The molecule has 0 radical (unpaired) electrons. The fourth-order valence-electron chi connectivity index (χ4n) is 1.70. The van der Waals surface area contributed by atoms with Crippen LogP contribution in [-0.2, 0) is 0 Å². The smallest absolute Gasteiger partial charge is 0.134 e. The molecule has 0 aliphatic heterocycles. The summed E-state index contributed by atoms with van der Waals surface area (Å²) in [6.45, 7) is 1.69. The molecule has 0 aliphatic rings. The molecule has 0 fully saturated rings. The van der Waals surface area contributed by atoms with Crippen molar-refractivity contribution < 1.29 is 9.90 Å². The monoisotopic (exact) mass is 324 g/mol. The summed E-state index contributed by atoms with van der Waals surface area (Å²) in [7, 11) is 0. The van der Waals surface area contributed by atoms with E-state index in [9.17, 15) is 9.90 Å². The predicted molar refractivity (Wildman–Crippen MR) is 83.8 cm³/mol. The number of aromatic nitrogens is 1. The molecule has 0 spiro atoms. The second-order valence-electron chi connectivity index (χ2n) is 3.86. The molecule has 0 saturated heterocycles. The minimum atomic E-state index is -1.16. The number of thiazole rings is 1. The van der Waals surface area contributed by atoms with E-state index < -0.39 is 5.97 Å². The van der Waals surface area contributed by atoms with Gasteiger partial charge >= 0.3 is 0 Å². The minimum absolute atomic E-state index is 0. The summed E-state index contributed by atoms with van der Waals surface area (Å²) in [5.41, 5.74) is 0.520. The zero-order chi connectivity index (χ0) is 13.4. The van der Waals surface area contributed by atoms with Crippen LogP contribution in [0.5, 0.6) is 0 Å². The fraction of sp³-hybridized carbons (Fsp3) is 0.0769. The van der Waals surface area contributed by atoms with Gasteiger partial charge in [-0.1, -0.05) is 6.07 Å². The first kappa shape index (κ1) is 14.9. The molecule has 0 bridgehead atoms. The number of hydrogen-bond donors (Lipinski definition) is 1. The van der Waals surface area contributed by atoms with Gasteiger partial charge in [0, 0.05) is 9.75 Å². The number of carboxylic acids is 1. The first-order valence-corrected chi connectivity index (χ1v) is 7.99. The van der Waals surface area contributed by atoms with Gasteiger partial charge in [-0.2, -0.15) is 0 Å². The summed E-state index contributed by atoms with van der Waals surface area (Å²) in [5, 5.41) is 13.7. The second kappa shape index (κ2) is 5.84. The van der Waals surface area contributed by atoms with Crippen LogP contribution in [0.4, 0.5) is 0 Å². The summed E-state index contributed by atoms with van der Waals surface area (Å²) < 4.78 is 0. The highest BCUT2D eigenvalue weighted by molar-refractivity contribution is 7.26. The molecule has 3 rings (SSSR count). The van der Waals surface area contributed by atoms with E-state index in [1.165, 1.54) is 21.1 Å². The van der Waals surface area contributed by atoms with Crippen LogP contribution in [0, 0.1) is 6.92 Å². The molecule has 3 aromatic rings. The average Bonchev–Trinajstić information content (AvgIpc) is 3.08. The minimum Gasteiger partial charge on any atom is -0.544 e. The third kappa shape index (κ3) is 2.66. The summed E-state index contributed by atoms with van der Waals surface area (Å²) >= 11 is 4.48. The van der Waals surface area contributed by atoms with Gasteiger partial charge in [-0.15, -0.1) is 34.0 Å². The zero-order valence-corrected chi connectivity index (χ0v) is 13.3. The Kier molecular flexibility index (Phi) is 4.34. The van der Waals surface area contributed by atoms with Crippen LogP contribution < -0.4 is 11.3 Å². The number of rotatable bonds is 3. The largest absolute Gasteiger partial charge is 0.544 e. The zero-order valence-electron chi connectivity index (χ0n) is 10.9. The molecule has 20 heavy (non-hydrogen) atoms. The summed E-state index contributed by atoms with van der Waals surface area (Å²) in [6.07, 6.45) is 0. The second-order valence-corrected chi connectivity index (χ2v) is 6.89. The molecule has 4 N–H and O–H groups in total. The molecule has 104 valence electrons. The van der Waals surface area contributed by atoms with Crippen molar-refractivity contribution in [2.45, 2.75) is 6.92 Å². The Morgan fingerprint density at radius 3 is 2.50 bits per heavy atom. The standard InChI is InChI=1S/C13H9NO2S3.H3N/c1-7-11(13(15)16)19-12(14-7)10-5-4-9(18-10)8-3-2-6-17-8;/h2-6H,1H3,(H,15,16);1H3. The number of carbonyl (C=O) groups excluding carboxylic acids is 1. The van der Waals surface area contributed by atoms with Crippen molar-refractivity contribution in [2.24, 2.45) is 0 Å². The van der Waals surface area contributed by atoms with E-state index in [4.69, 9.17) is 0 Å². The van der Waals surface area contributed by atoms with Crippen molar-refractivity contribution in [2.75, 3.05) is 0 Å². The van der Waals surface area contributed by atoms with E-state index in [2.05, 4.69) is 11.1 Å². The van der Waals surface area contributed by atoms with Gasteiger partial charge in [-0.05, 0) is 30.5 Å². The van der Waals surface area contributed by atoms with E-state index >= 15 is 0 Å². The molecular weight excluding hydrogens is 312 g/mol. The Morgan fingerprint density at radius 1 is 1.15 bits per heavy atom. The SMILES string of the molecule is Cc1nc(-c2ccc(-c3cccs3)s2)sc1C(=O)[O-].[NH4+]. The normalized spacial score (nSPS) is 10.2. The van der Waals surface area contributed by atoms with Crippen LogP contribution in [0.3, 0.4) is 0 Å². The van der Waals surface area contributed by atoms with Gasteiger partial charge in [0.15, 0.2) is 0 Å². The molecule has 0 aliphatic carbocycles. The number of carbonyl (C=O) groups is 1. The van der Waals surface area contributed by atoms with E-state index in [0.29, 0.717) is 5.69 Å². The number of quaternary nitrogens is 1. The number of aromatic carboxylic acids is 1. The molecule has 3 heterocycles. The van der Waals surface area contributed by atoms with Crippen LogP contribution in [0.25, 0.3) is 19.6 Å². The fourth-order valence-corrected chi connectivity index (χ4v) is 4.49. The summed E-state index contributed by atoms with van der Waals surface area (Å²) in [6, 6.07) is 8.11. The van der Waals surface area contributed by atoms with Crippen molar-refractivity contribution in [3.05, 3.63) is 40.2 Å². The summed E-state index contributed by atoms with van der Waals surface area (Å²) in [5.74, 6) is -1.16. The van der Waals surface area contributed by atoms with Gasteiger partial charge in [0.1, 0.15) is 5.01 Å². The molecule has 0 amide bonds. The van der Waals surface area contributed by atoms with Crippen molar-refractivity contribution in [3.8, 4) is 19.6 Å². The highest BCUT2D eigenvalue weighted by Gasteiger charge is 2.12. The van der Waals surface area contributed by atoms with Crippen molar-refractivity contribution >= 4 is 40.0 Å². The Labute approximate surface area is 128 Å². The molecule has 7 heteroatoms. The first-order chi connectivity index (χ1) is 9.15. The Bertz CT molecular complexity index is 729. The van der Waals surface area contributed by atoms with Crippen molar-refractivity contribution in [1.82, 2.24) is 11.1 Å². The lowest BCUT2D eigenvalue weighted by atomic mass is 10.3. The lowest BCUT2D eigenvalue weighted by Gasteiger charge is -1.95.